The molecule has 0 bridgehead atoms. The lowest BCUT2D eigenvalue weighted by Crippen LogP contribution is -2.44. The fourth-order valence-corrected chi connectivity index (χ4v) is 2.25. The fourth-order valence-electron chi connectivity index (χ4n) is 1.83. The zero-order chi connectivity index (χ0) is 16.8. The van der Waals surface area contributed by atoms with Crippen molar-refractivity contribution >= 4 is 29.2 Å². The Balaban J connectivity index is 2.75. The molecule has 1 unspecified atom stereocenters. The zero-order valence-corrected chi connectivity index (χ0v) is 15.2. The minimum absolute atomic E-state index is 0.138. The minimum Gasteiger partial charge on any atom is -0.396 e. The van der Waals surface area contributed by atoms with Gasteiger partial charge in [-0.05, 0) is 19.4 Å². The molecule has 0 saturated heterocycles. The van der Waals surface area contributed by atoms with E-state index in [0.29, 0.717) is 29.2 Å². The van der Waals surface area contributed by atoms with Crippen molar-refractivity contribution in [3.63, 3.8) is 0 Å². The molecular formula is C15H26Cl2N4O. The van der Waals surface area contributed by atoms with E-state index in [-0.39, 0.29) is 12.0 Å². The molecule has 126 valence electrons. The summed E-state index contributed by atoms with van der Waals surface area (Å²) in [6.07, 6.45) is 0.888. The highest BCUT2D eigenvalue weighted by Gasteiger charge is 2.21. The number of halogens is 2. The SMILES string of the molecule is CCNC(=NCc1cc(Cl)c(Cl)n1C)NCC(C)(CC)CO. The Bertz CT molecular complexity index is 510. The highest BCUT2D eigenvalue weighted by molar-refractivity contribution is 6.41. The number of guanidine groups is 1. The van der Waals surface area contributed by atoms with Crippen molar-refractivity contribution in [1.82, 2.24) is 15.2 Å². The van der Waals surface area contributed by atoms with E-state index in [4.69, 9.17) is 23.2 Å². The summed E-state index contributed by atoms with van der Waals surface area (Å²) < 4.78 is 1.82. The van der Waals surface area contributed by atoms with Gasteiger partial charge in [-0.1, -0.05) is 37.0 Å². The van der Waals surface area contributed by atoms with Crippen LogP contribution in [-0.2, 0) is 13.6 Å². The molecule has 5 nitrogen and oxygen atoms in total. The molecule has 0 aliphatic rings. The first-order valence-corrected chi connectivity index (χ1v) is 8.25. The van der Waals surface area contributed by atoms with Crippen molar-refractivity contribution < 1.29 is 5.11 Å². The number of aliphatic hydroxyl groups excluding tert-OH is 1. The van der Waals surface area contributed by atoms with Gasteiger partial charge < -0.3 is 20.3 Å². The molecule has 22 heavy (non-hydrogen) atoms. The van der Waals surface area contributed by atoms with Crippen molar-refractivity contribution in [3.8, 4) is 0 Å². The molecule has 0 amide bonds. The van der Waals surface area contributed by atoms with Gasteiger partial charge in [0.1, 0.15) is 5.15 Å². The highest BCUT2D eigenvalue weighted by Crippen LogP contribution is 2.25. The Hall–Kier alpha value is -0.910. The van der Waals surface area contributed by atoms with Crippen molar-refractivity contribution in [2.75, 3.05) is 19.7 Å². The van der Waals surface area contributed by atoms with Crippen LogP contribution >= 0.6 is 23.2 Å². The van der Waals surface area contributed by atoms with E-state index in [9.17, 15) is 5.11 Å². The maximum Gasteiger partial charge on any atom is 0.191 e. The van der Waals surface area contributed by atoms with E-state index >= 15 is 0 Å². The number of aliphatic imine (C=N–C) groups is 1. The van der Waals surface area contributed by atoms with Gasteiger partial charge in [0.05, 0.1) is 18.2 Å². The second-order valence-electron chi connectivity index (χ2n) is 5.70. The summed E-state index contributed by atoms with van der Waals surface area (Å²) in [5.41, 5.74) is 0.779. The molecule has 0 saturated carbocycles. The molecule has 1 aromatic rings. The molecule has 0 fully saturated rings. The molecule has 1 aromatic heterocycles. The average Bonchev–Trinajstić information content (AvgIpc) is 2.77. The Morgan fingerprint density at radius 3 is 2.50 bits per heavy atom. The van der Waals surface area contributed by atoms with Gasteiger partial charge in [0, 0.05) is 31.2 Å². The molecule has 3 N–H and O–H groups in total. The molecule has 1 atom stereocenters. The van der Waals surface area contributed by atoms with Gasteiger partial charge in [0.25, 0.3) is 0 Å². The summed E-state index contributed by atoms with van der Waals surface area (Å²) in [7, 11) is 1.86. The van der Waals surface area contributed by atoms with Crippen molar-refractivity contribution in [3.05, 3.63) is 21.9 Å². The van der Waals surface area contributed by atoms with E-state index < -0.39 is 0 Å². The largest absolute Gasteiger partial charge is 0.396 e. The Morgan fingerprint density at radius 2 is 2.05 bits per heavy atom. The summed E-state index contributed by atoms with van der Waals surface area (Å²) >= 11 is 12.1. The van der Waals surface area contributed by atoms with Gasteiger partial charge in [0.15, 0.2) is 5.96 Å². The summed E-state index contributed by atoms with van der Waals surface area (Å²) in [5.74, 6) is 0.712. The van der Waals surface area contributed by atoms with E-state index in [1.807, 2.05) is 31.5 Å². The van der Waals surface area contributed by atoms with Crippen LogP contribution in [0.1, 0.15) is 32.9 Å². The predicted molar refractivity (Wildman–Crippen MR) is 93.7 cm³/mol. The molecule has 7 heteroatoms. The Labute approximate surface area is 142 Å². The molecule has 1 rings (SSSR count). The molecule has 1 heterocycles. The Morgan fingerprint density at radius 1 is 1.36 bits per heavy atom. The van der Waals surface area contributed by atoms with Crippen LogP contribution in [-0.4, -0.2) is 35.3 Å². The molecule has 0 aliphatic carbocycles. The summed E-state index contributed by atoms with van der Waals surface area (Å²) in [4.78, 5) is 4.55. The first-order chi connectivity index (χ1) is 10.4. The lowest BCUT2D eigenvalue weighted by Gasteiger charge is -2.26. The maximum absolute atomic E-state index is 9.47. The van der Waals surface area contributed by atoms with Crippen LogP contribution in [0.15, 0.2) is 11.1 Å². The highest BCUT2D eigenvalue weighted by atomic mass is 35.5. The fraction of sp³-hybridized carbons (Fsp3) is 0.667. The standard InChI is InChI=1S/C15H26Cl2N4O/c1-5-15(3,10-22)9-20-14(18-6-2)19-8-11-7-12(16)13(17)21(11)4/h7,22H,5-6,8-10H2,1-4H3,(H2,18,19,20). The summed E-state index contributed by atoms with van der Waals surface area (Å²) in [6.45, 7) is 8.15. The van der Waals surface area contributed by atoms with Crippen molar-refractivity contribution in [2.45, 2.75) is 33.7 Å². The van der Waals surface area contributed by atoms with Crippen LogP contribution in [0.2, 0.25) is 10.2 Å². The first-order valence-electron chi connectivity index (χ1n) is 7.49. The van der Waals surface area contributed by atoms with Gasteiger partial charge in [-0.2, -0.15) is 0 Å². The van der Waals surface area contributed by atoms with Crippen molar-refractivity contribution in [2.24, 2.45) is 17.5 Å². The number of aliphatic hydroxyl groups is 1. The monoisotopic (exact) mass is 348 g/mol. The van der Waals surface area contributed by atoms with Crippen LogP contribution in [0, 0.1) is 5.41 Å². The third-order valence-electron chi connectivity index (χ3n) is 3.88. The number of aromatic nitrogens is 1. The lowest BCUT2D eigenvalue weighted by molar-refractivity contribution is 0.140. The molecule has 0 aliphatic heterocycles. The lowest BCUT2D eigenvalue weighted by atomic mass is 9.89. The number of rotatable bonds is 7. The Kier molecular flexibility index (Phi) is 7.53. The van der Waals surface area contributed by atoms with E-state index in [1.54, 1.807) is 0 Å². The van der Waals surface area contributed by atoms with Gasteiger partial charge in [-0.3, -0.25) is 0 Å². The number of nitrogens with zero attached hydrogens (tertiary/aromatic N) is 2. The van der Waals surface area contributed by atoms with E-state index in [0.717, 1.165) is 18.7 Å². The van der Waals surface area contributed by atoms with Crippen LogP contribution in [0.5, 0.6) is 0 Å². The smallest absolute Gasteiger partial charge is 0.191 e. The summed E-state index contributed by atoms with van der Waals surface area (Å²) in [5, 5.41) is 17.0. The third kappa shape index (κ3) is 5.07. The zero-order valence-electron chi connectivity index (χ0n) is 13.7. The van der Waals surface area contributed by atoms with Crippen LogP contribution in [0.4, 0.5) is 0 Å². The first kappa shape index (κ1) is 19.1. The van der Waals surface area contributed by atoms with Gasteiger partial charge >= 0.3 is 0 Å². The third-order valence-corrected chi connectivity index (χ3v) is 4.72. The van der Waals surface area contributed by atoms with Gasteiger partial charge in [0.2, 0.25) is 0 Å². The predicted octanol–water partition coefficient (Wildman–Crippen LogP) is 2.80. The second kappa shape index (κ2) is 8.65. The quantitative estimate of drug-likeness (QED) is 0.524. The van der Waals surface area contributed by atoms with Crippen LogP contribution < -0.4 is 10.6 Å². The van der Waals surface area contributed by atoms with Crippen molar-refractivity contribution in [1.29, 1.82) is 0 Å². The topological polar surface area (TPSA) is 61.6 Å². The normalized spacial score (nSPS) is 14.8. The molecule has 0 aromatic carbocycles. The van der Waals surface area contributed by atoms with E-state index in [2.05, 4.69) is 22.5 Å². The molecule has 0 spiro atoms. The second-order valence-corrected chi connectivity index (χ2v) is 6.47. The number of nitrogens with one attached hydrogen (secondary N) is 2. The minimum atomic E-state index is -0.159. The molecule has 0 radical (unpaired) electrons. The molecular weight excluding hydrogens is 323 g/mol. The van der Waals surface area contributed by atoms with E-state index in [1.165, 1.54) is 0 Å². The van der Waals surface area contributed by atoms with Gasteiger partial charge in [-0.15, -0.1) is 0 Å². The maximum atomic E-state index is 9.47. The van der Waals surface area contributed by atoms with Crippen LogP contribution in [0.3, 0.4) is 0 Å². The average molecular weight is 349 g/mol. The number of hydrogen-bond acceptors (Lipinski definition) is 2. The van der Waals surface area contributed by atoms with Gasteiger partial charge in [-0.25, -0.2) is 4.99 Å². The van der Waals surface area contributed by atoms with Crippen LogP contribution in [0.25, 0.3) is 0 Å². The number of hydrogen-bond donors (Lipinski definition) is 3. The summed E-state index contributed by atoms with van der Waals surface area (Å²) in [6, 6.07) is 1.82.